The number of aromatic nitrogens is 1. The van der Waals surface area contributed by atoms with Crippen LogP contribution in [0.15, 0.2) is 64.6 Å². The summed E-state index contributed by atoms with van der Waals surface area (Å²) in [5, 5.41) is 0. The molecule has 0 fully saturated rings. The van der Waals surface area contributed by atoms with Gasteiger partial charge in [0.05, 0.1) is 28.5 Å². The number of halogens is 1. The number of nitrogens with zero attached hydrogens (tertiary/aromatic N) is 2. The first-order chi connectivity index (χ1) is 12.5. The summed E-state index contributed by atoms with van der Waals surface area (Å²) in [7, 11) is 1.34. The van der Waals surface area contributed by atoms with Gasteiger partial charge in [0.2, 0.25) is 0 Å². The van der Waals surface area contributed by atoms with Crippen LogP contribution in [0.4, 0.5) is 0 Å². The topological polar surface area (TPSA) is 60.7 Å². The molecule has 26 heavy (non-hydrogen) atoms. The molecule has 0 N–H and O–H groups in total. The third kappa shape index (κ3) is 3.54. The smallest absolute Gasteiger partial charge is 0.337 e. The zero-order valence-corrected chi connectivity index (χ0v) is 16.3. The number of carbonyl (C=O) groups excluding carboxylic acids is 2. The molecule has 0 spiro atoms. The Morgan fingerprint density at radius 2 is 2.08 bits per heavy atom. The first-order valence-corrected chi connectivity index (χ1v) is 9.32. The molecule has 7 heteroatoms. The van der Waals surface area contributed by atoms with Crippen LogP contribution in [0.3, 0.4) is 0 Å². The van der Waals surface area contributed by atoms with E-state index in [0.717, 1.165) is 10.2 Å². The lowest BCUT2D eigenvalue weighted by Crippen LogP contribution is -2.16. The maximum Gasteiger partial charge on any atom is 0.337 e. The summed E-state index contributed by atoms with van der Waals surface area (Å²) in [6, 6.07) is 12.4. The number of allylic oxidation sites excluding steroid dienone is 1. The summed E-state index contributed by atoms with van der Waals surface area (Å²) >= 11 is 4.72. The Balaban J connectivity index is 2.16. The number of benzene rings is 2. The Bertz CT molecular complexity index is 1080. The van der Waals surface area contributed by atoms with E-state index >= 15 is 0 Å². The van der Waals surface area contributed by atoms with E-state index in [1.807, 2.05) is 16.7 Å². The summed E-state index contributed by atoms with van der Waals surface area (Å²) in [5.74, 6) is -0.742. The molecule has 0 aliphatic heterocycles. The zero-order valence-electron chi connectivity index (χ0n) is 13.9. The van der Waals surface area contributed by atoms with Crippen molar-refractivity contribution in [2.75, 3.05) is 7.11 Å². The highest BCUT2D eigenvalue weighted by Gasteiger charge is 2.13. The Morgan fingerprint density at radius 3 is 2.77 bits per heavy atom. The van der Waals surface area contributed by atoms with Crippen LogP contribution in [0, 0.1) is 0 Å². The van der Waals surface area contributed by atoms with Crippen molar-refractivity contribution in [3.63, 3.8) is 0 Å². The van der Waals surface area contributed by atoms with Gasteiger partial charge in [-0.25, -0.2) is 4.79 Å². The van der Waals surface area contributed by atoms with Crippen LogP contribution in [-0.4, -0.2) is 23.6 Å². The van der Waals surface area contributed by atoms with Gasteiger partial charge in [0.15, 0.2) is 4.80 Å². The quantitative estimate of drug-likeness (QED) is 0.460. The minimum absolute atomic E-state index is 0.338. The second kappa shape index (κ2) is 7.80. The molecular weight excluding hydrogens is 416 g/mol. The molecule has 2 aromatic carbocycles. The molecule has 1 aromatic heterocycles. The highest BCUT2D eigenvalue weighted by molar-refractivity contribution is 9.10. The van der Waals surface area contributed by atoms with Gasteiger partial charge in [-0.1, -0.05) is 29.5 Å². The van der Waals surface area contributed by atoms with Gasteiger partial charge in [-0.3, -0.25) is 4.79 Å². The molecule has 3 aromatic rings. The largest absolute Gasteiger partial charge is 0.465 e. The zero-order chi connectivity index (χ0) is 18.7. The molecule has 0 atom stereocenters. The summed E-state index contributed by atoms with van der Waals surface area (Å²) < 4.78 is 8.19. The fraction of sp³-hybridized carbons (Fsp3) is 0.105. The van der Waals surface area contributed by atoms with Gasteiger partial charge in [-0.2, -0.15) is 4.99 Å². The molecule has 0 aliphatic rings. The molecule has 0 saturated heterocycles. The predicted molar refractivity (Wildman–Crippen MR) is 105 cm³/mol. The van der Waals surface area contributed by atoms with Gasteiger partial charge in [0, 0.05) is 11.0 Å². The third-order valence-corrected chi connectivity index (χ3v) is 5.45. The standard InChI is InChI=1S/C19H15BrN2O3S/c1-3-10-22-15-9-8-12(18(24)25-2)11-16(15)26-19(22)21-17(23)13-6-4-5-7-14(13)20/h3-9,11H,1,10H2,2H3. The number of methoxy groups -OCH3 is 1. The second-order valence-electron chi connectivity index (χ2n) is 5.35. The Kier molecular flexibility index (Phi) is 5.49. The summed E-state index contributed by atoms with van der Waals surface area (Å²) in [6.07, 6.45) is 1.74. The lowest BCUT2D eigenvalue weighted by atomic mass is 10.2. The van der Waals surface area contributed by atoms with Crippen molar-refractivity contribution in [3.8, 4) is 0 Å². The monoisotopic (exact) mass is 430 g/mol. The number of amides is 1. The average molecular weight is 431 g/mol. The number of hydrogen-bond acceptors (Lipinski definition) is 4. The van der Waals surface area contributed by atoms with E-state index in [0.29, 0.717) is 26.9 Å². The Labute approximate surface area is 162 Å². The maximum absolute atomic E-state index is 12.6. The van der Waals surface area contributed by atoms with Crippen molar-refractivity contribution in [1.29, 1.82) is 0 Å². The van der Waals surface area contributed by atoms with Crippen LogP contribution in [0.25, 0.3) is 10.2 Å². The van der Waals surface area contributed by atoms with Crippen molar-refractivity contribution >= 4 is 49.4 Å². The van der Waals surface area contributed by atoms with Gasteiger partial charge in [0.25, 0.3) is 5.91 Å². The molecule has 1 amide bonds. The highest BCUT2D eigenvalue weighted by atomic mass is 79.9. The van der Waals surface area contributed by atoms with Gasteiger partial charge < -0.3 is 9.30 Å². The SMILES string of the molecule is C=CCn1c(=NC(=O)c2ccccc2Br)sc2cc(C(=O)OC)ccc21. The molecule has 0 bridgehead atoms. The van der Waals surface area contributed by atoms with E-state index in [-0.39, 0.29) is 5.91 Å². The summed E-state index contributed by atoms with van der Waals surface area (Å²) in [6.45, 7) is 4.27. The molecule has 0 unspecified atom stereocenters. The van der Waals surface area contributed by atoms with E-state index in [9.17, 15) is 9.59 Å². The Morgan fingerprint density at radius 1 is 1.31 bits per heavy atom. The van der Waals surface area contributed by atoms with Crippen LogP contribution < -0.4 is 4.80 Å². The number of carbonyl (C=O) groups is 2. The van der Waals surface area contributed by atoms with Gasteiger partial charge >= 0.3 is 5.97 Å². The summed E-state index contributed by atoms with van der Waals surface area (Å²) in [4.78, 5) is 29.2. The van der Waals surface area contributed by atoms with Crippen molar-refractivity contribution in [2.24, 2.45) is 4.99 Å². The molecular formula is C19H15BrN2O3S. The van der Waals surface area contributed by atoms with Crippen molar-refractivity contribution in [3.05, 3.63) is 75.5 Å². The molecule has 0 saturated carbocycles. The van der Waals surface area contributed by atoms with Crippen LogP contribution >= 0.6 is 27.3 Å². The molecule has 0 aliphatic carbocycles. The minimum atomic E-state index is -0.404. The maximum atomic E-state index is 12.6. The first kappa shape index (κ1) is 18.3. The second-order valence-corrected chi connectivity index (χ2v) is 7.22. The van der Waals surface area contributed by atoms with E-state index in [2.05, 4.69) is 27.5 Å². The van der Waals surface area contributed by atoms with Gasteiger partial charge in [0.1, 0.15) is 0 Å². The number of ether oxygens (including phenoxy) is 1. The highest BCUT2D eigenvalue weighted by Crippen LogP contribution is 2.21. The van der Waals surface area contributed by atoms with E-state index in [4.69, 9.17) is 4.74 Å². The van der Waals surface area contributed by atoms with Crippen molar-refractivity contribution in [2.45, 2.75) is 6.54 Å². The Hall–Kier alpha value is -2.51. The fourth-order valence-corrected chi connectivity index (χ4v) is 4.02. The number of fused-ring (bicyclic) bond motifs is 1. The van der Waals surface area contributed by atoms with E-state index in [1.54, 1.807) is 36.4 Å². The van der Waals surface area contributed by atoms with Crippen molar-refractivity contribution in [1.82, 2.24) is 4.57 Å². The normalized spacial score (nSPS) is 11.5. The molecule has 132 valence electrons. The molecule has 3 rings (SSSR count). The minimum Gasteiger partial charge on any atom is -0.465 e. The van der Waals surface area contributed by atoms with Crippen LogP contribution in [0.2, 0.25) is 0 Å². The molecule has 5 nitrogen and oxygen atoms in total. The fourth-order valence-electron chi connectivity index (χ4n) is 2.49. The molecule has 0 radical (unpaired) electrons. The summed E-state index contributed by atoms with van der Waals surface area (Å²) in [5.41, 5.74) is 1.82. The number of thiazole rings is 1. The van der Waals surface area contributed by atoms with Crippen LogP contribution in [0.5, 0.6) is 0 Å². The van der Waals surface area contributed by atoms with E-state index in [1.165, 1.54) is 18.4 Å². The average Bonchev–Trinajstić information content (AvgIpc) is 2.98. The lowest BCUT2D eigenvalue weighted by molar-refractivity contribution is 0.0601. The van der Waals surface area contributed by atoms with E-state index < -0.39 is 5.97 Å². The number of esters is 1. The van der Waals surface area contributed by atoms with Crippen LogP contribution in [0.1, 0.15) is 20.7 Å². The third-order valence-electron chi connectivity index (χ3n) is 3.72. The van der Waals surface area contributed by atoms with Crippen LogP contribution in [-0.2, 0) is 11.3 Å². The van der Waals surface area contributed by atoms with Gasteiger partial charge in [-0.15, -0.1) is 6.58 Å². The van der Waals surface area contributed by atoms with Crippen molar-refractivity contribution < 1.29 is 14.3 Å². The molecule has 1 heterocycles. The predicted octanol–water partition coefficient (Wildman–Crippen LogP) is 4.18. The lowest BCUT2D eigenvalue weighted by Gasteiger charge is -2.03. The number of rotatable bonds is 4. The van der Waals surface area contributed by atoms with Gasteiger partial charge in [-0.05, 0) is 46.3 Å². The number of hydrogen-bond donors (Lipinski definition) is 0. The first-order valence-electron chi connectivity index (χ1n) is 7.71.